The van der Waals surface area contributed by atoms with Crippen LogP contribution in [0.2, 0.25) is 0 Å². The summed E-state index contributed by atoms with van der Waals surface area (Å²) in [6.45, 7) is 2.90. The van der Waals surface area contributed by atoms with Crippen molar-refractivity contribution in [3.05, 3.63) is 64.7 Å². The van der Waals surface area contributed by atoms with Crippen LogP contribution in [0.3, 0.4) is 0 Å². The Labute approximate surface area is 116 Å². The van der Waals surface area contributed by atoms with Gasteiger partial charge in [0.1, 0.15) is 11.4 Å². The molecule has 2 aromatic rings. The third-order valence-corrected chi connectivity index (χ3v) is 3.43. The lowest BCUT2D eigenvalue weighted by atomic mass is 9.87. The molecule has 0 amide bonds. The summed E-state index contributed by atoms with van der Waals surface area (Å²) in [4.78, 5) is 0. The maximum atomic E-state index is 14.1. The molecule has 0 fully saturated rings. The van der Waals surface area contributed by atoms with Gasteiger partial charge in [0.2, 0.25) is 0 Å². The second-order valence-electron chi connectivity index (χ2n) is 4.86. The fraction of sp³-hybridized carbons (Fsp3) is 0.250. The minimum atomic E-state index is -1.65. The lowest BCUT2D eigenvalue weighted by molar-refractivity contribution is 0.0967. The Hall–Kier alpha value is -1.94. The molecule has 0 aliphatic heterocycles. The van der Waals surface area contributed by atoms with Crippen LogP contribution in [-0.4, -0.2) is 12.2 Å². The molecule has 1 unspecified atom stereocenters. The van der Waals surface area contributed by atoms with E-state index in [-0.39, 0.29) is 11.1 Å². The Bertz CT molecular complexity index is 636. The van der Waals surface area contributed by atoms with Crippen molar-refractivity contribution in [2.75, 3.05) is 7.11 Å². The van der Waals surface area contributed by atoms with Gasteiger partial charge >= 0.3 is 0 Å². The number of halogens is 2. The summed E-state index contributed by atoms with van der Waals surface area (Å²) in [6, 6.07) is 9.48. The average Bonchev–Trinajstić information content (AvgIpc) is 2.44. The van der Waals surface area contributed by atoms with E-state index in [2.05, 4.69) is 0 Å². The third-order valence-electron chi connectivity index (χ3n) is 3.43. The van der Waals surface area contributed by atoms with Gasteiger partial charge < -0.3 is 9.84 Å². The number of ether oxygens (including phenoxy) is 1. The molecule has 0 bridgehead atoms. The Balaban J connectivity index is 2.57. The van der Waals surface area contributed by atoms with E-state index in [1.54, 1.807) is 24.3 Å². The quantitative estimate of drug-likeness (QED) is 0.930. The Morgan fingerprint density at radius 2 is 1.80 bits per heavy atom. The third kappa shape index (κ3) is 2.39. The van der Waals surface area contributed by atoms with Gasteiger partial charge in [-0.2, -0.15) is 0 Å². The largest absolute Gasteiger partial charge is 0.497 e. The topological polar surface area (TPSA) is 29.5 Å². The Kier molecular flexibility index (Phi) is 3.77. The molecule has 0 saturated heterocycles. The first kappa shape index (κ1) is 14.5. The molecule has 0 radical (unpaired) electrons. The first-order chi connectivity index (χ1) is 9.37. The number of rotatable bonds is 3. The Morgan fingerprint density at radius 3 is 2.45 bits per heavy atom. The number of methoxy groups -OCH3 is 1. The van der Waals surface area contributed by atoms with Gasteiger partial charge in [0.15, 0.2) is 11.6 Å². The molecular formula is C16H16F2O2. The lowest BCUT2D eigenvalue weighted by Crippen LogP contribution is -2.25. The van der Waals surface area contributed by atoms with Crippen LogP contribution >= 0.6 is 0 Å². The predicted octanol–water partition coefficient (Wildman–Crippen LogP) is 3.54. The van der Waals surface area contributed by atoms with Crippen molar-refractivity contribution in [1.29, 1.82) is 0 Å². The second kappa shape index (κ2) is 5.21. The standard InChI is InChI=1S/C16H16F2O2/c1-10-7-8-13(15(18)14(10)17)16(2,19)11-5-4-6-12(9-11)20-3/h4-9,19H,1-3H3. The summed E-state index contributed by atoms with van der Waals surface area (Å²) >= 11 is 0. The normalized spacial score (nSPS) is 13.9. The van der Waals surface area contributed by atoms with Gasteiger partial charge in [0.25, 0.3) is 0 Å². The summed E-state index contributed by atoms with van der Waals surface area (Å²) in [7, 11) is 1.50. The van der Waals surface area contributed by atoms with Crippen LogP contribution in [0.1, 0.15) is 23.6 Å². The smallest absolute Gasteiger partial charge is 0.165 e. The van der Waals surface area contributed by atoms with E-state index in [4.69, 9.17) is 4.74 Å². The summed E-state index contributed by atoms with van der Waals surface area (Å²) < 4.78 is 32.8. The fourth-order valence-corrected chi connectivity index (χ4v) is 2.10. The van der Waals surface area contributed by atoms with Crippen LogP contribution in [0.5, 0.6) is 5.75 Å². The predicted molar refractivity (Wildman–Crippen MR) is 72.8 cm³/mol. The van der Waals surface area contributed by atoms with Gasteiger partial charge in [-0.1, -0.05) is 24.3 Å². The molecule has 1 N–H and O–H groups in total. The molecule has 1 atom stereocenters. The van der Waals surface area contributed by atoms with Crippen molar-refractivity contribution in [2.24, 2.45) is 0 Å². The highest BCUT2D eigenvalue weighted by atomic mass is 19.2. The van der Waals surface area contributed by atoms with Crippen LogP contribution in [0.4, 0.5) is 8.78 Å². The van der Waals surface area contributed by atoms with Crippen LogP contribution < -0.4 is 4.74 Å². The minimum Gasteiger partial charge on any atom is -0.497 e. The molecule has 106 valence electrons. The zero-order valence-electron chi connectivity index (χ0n) is 11.6. The van der Waals surface area contributed by atoms with Crippen molar-refractivity contribution in [3.63, 3.8) is 0 Å². The number of aryl methyl sites for hydroxylation is 1. The first-order valence-corrected chi connectivity index (χ1v) is 6.20. The van der Waals surface area contributed by atoms with E-state index >= 15 is 0 Å². The van der Waals surface area contributed by atoms with Crippen LogP contribution in [0.25, 0.3) is 0 Å². The van der Waals surface area contributed by atoms with E-state index in [0.717, 1.165) is 0 Å². The molecule has 0 spiro atoms. The molecular weight excluding hydrogens is 262 g/mol. The number of aliphatic hydroxyl groups is 1. The van der Waals surface area contributed by atoms with E-state index in [1.165, 1.54) is 33.1 Å². The molecule has 4 heteroatoms. The van der Waals surface area contributed by atoms with Crippen LogP contribution in [0, 0.1) is 18.6 Å². The summed E-state index contributed by atoms with van der Waals surface area (Å²) in [5.74, 6) is -1.43. The molecule has 0 heterocycles. The van der Waals surface area contributed by atoms with Crippen molar-refractivity contribution < 1.29 is 18.6 Å². The van der Waals surface area contributed by atoms with E-state index in [1.807, 2.05) is 0 Å². The minimum absolute atomic E-state index is 0.103. The van der Waals surface area contributed by atoms with E-state index < -0.39 is 17.2 Å². The molecule has 0 aliphatic carbocycles. The maximum absolute atomic E-state index is 14.1. The summed E-state index contributed by atoms with van der Waals surface area (Å²) in [5, 5.41) is 10.6. The number of benzene rings is 2. The molecule has 2 rings (SSSR count). The second-order valence-corrected chi connectivity index (χ2v) is 4.86. The SMILES string of the molecule is COc1cccc(C(C)(O)c2ccc(C)c(F)c2F)c1. The van der Waals surface area contributed by atoms with Gasteiger partial charge in [-0.3, -0.25) is 0 Å². The van der Waals surface area contributed by atoms with Crippen molar-refractivity contribution in [2.45, 2.75) is 19.4 Å². The average molecular weight is 278 g/mol. The first-order valence-electron chi connectivity index (χ1n) is 6.20. The highest BCUT2D eigenvalue weighted by molar-refractivity contribution is 5.41. The molecule has 0 aromatic heterocycles. The zero-order chi connectivity index (χ0) is 14.9. The lowest BCUT2D eigenvalue weighted by Gasteiger charge is -2.25. The van der Waals surface area contributed by atoms with Crippen molar-refractivity contribution >= 4 is 0 Å². The van der Waals surface area contributed by atoms with Gasteiger partial charge in [0, 0.05) is 5.56 Å². The fourth-order valence-electron chi connectivity index (χ4n) is 2.10. The summed E-state index contributed by atoms with van der Waals surface area (Å²) in [5.41, 5.74) is -1.12. The number of hydrogen-bond donors (Lipinski definition) is 1. The Morgan fingerprint density at radius 1 is 1.10 bits per heavy atom. The van der Waals surface area contributed by atoms with E-state index in [0.29, 0.717) is 11.3 Å². The monoisotopic (exact) mass is 278 g/mol. The zero-order valence-corrected chi connectivity index (χ0v) is 11.6. The van der Waals surface area contributed by atoms with Crippen LogP contribution in [0.15, 0.2) is 36.4 Å². The van der Waals surface area contributed by atoms with E-state index in [9.17, 15) is 13.9 Å². The highest BCUT2D eigenvalue weighted by Crippen LogP contribution is 2.33. The number of hydrogen-bond acceptors (Lipinski definition) is 2. The highest BCUT2D eigenvalue weighted by Gasteiger charge is 2.31. The maximum Gasteiger partial charge on any atom is 0.165 e. The molecule has 0 saturated carbocycles. The molecule has 2 nitrogen and oxygen atoms in total. The van der Waals surface area contributed by atoms with Crippen molar-refractivity contribution in [1.82, 2.24) is 0 Å². The van der Waals surface area contributed by atoms with Gasteiger partial charge in [0.05, 0.1) is 7.11 Å². The van der Waals surface area contributed by atoms with Gasteiger partial charge in [-0.15, -0.1) is 0 Å². The molecule has 20 heavy (non-hydrogen) atoms. The van der Waals surface area contributed by atoms with Crippen molar-refractivity contribution in [3.8, 4) is 5.75 Å². The molecule has 2 aromatic carbocycles. The molecule has 0 aliphatic rings. The van der Waals surface area contributed by atoms with Crippen LogP contribution in [-0.2, 0) is 5.60 Å². The van der Waals surface area contributed by atoms with Gasteiger partial charge in [-0.25, -0.2) is 8.78 Å². The van der Waals surface area contributed by atoms with Gasteiger partial charge in [-0.05, 0) is 37.1 Å². The summed E-state index contributed by atoms with van der Waals surface area (Å²) in [6.07, 6.45) is 0.